The highest BCUT2D eigenvalue weighted by Gasteiger charge is 2.21. The molecule has 3 nitrogen and oxygen atoms in total. The molecule has 6 heteroatoms. The minimum atomic E-state index is -0.643. The van der Waals surface area contributed by atoms with Gasteiger partial charge in [0.1, 0.15) is 5.75 Å². The summed E-state index contributed by atoms with van der Waals surface area (Å²) in [5, 5.41) is 3.71. The second kappa shape index (κ2) is 8.11. The summed E-state index contributed by atoms with van der Waals surface area (Å²) in [4.78, 5) is 12.5. The van der Waals surface area contributed by atoms with Crippen LogP contribution in [-0.2, 0) is 4.79 Å². The number of nitrogens with one attached hydrogen (secondary N) is 1. The Hall–Kier alpha value is -1.42. The molecule has 0 aromatic heterocycles. The van der Waals surface area contributed by atoms with Crippen molar-refractivity contribution in [3.63, 3.8) is 0 Å². The Labute approximate surface area is 156 Å². The van der Waals surface area contributed by atoms with Crippen LogP contribution >= 0.6 is 34.8 Å². The average molecular weight is 387 g/mol. The molecule has 2 rings (SSSR count). The average Bonchev–Trinajstić information content (AvgIpc) is 2.53. The molecule has 0 spiro atoms. The van der Waals surface area contributed by atoms with E-state index in [-0.39, 0.29) is 5.91 Å². The van der Waals surface area contributed by atoms with Gasteiger partial charge in [-0.15, -0.1) is 0 Å². The molecule has 1 N–H and O–H groups in total. The monoisotopic (exact) mass is 385 g/mol. The van der Waals surface area contributed by atoms with Crippen LogP contribution < -0.4 is 10.1 Å². The number of aryl methyl sites for hydroxylation is 2. The quantitative estimate of drug-likeness (QED) is 0.634. The predicted molar refractivity (Wildman–Crippen MR) is 101 cm³/mol. The zero-order chi connectivity index (χ0) is 17.9. The molecule has 24 heavy (non-hydrogen) atoms. The van der Waals surface area contributed by atoms with E-state index in [1.807, 2.05) is 39.0 Å². The molecule has 0 aliphatic carbocycles. The number of rotatable bonds is 5. The van der Waals surface area contributed by atoms with Crippen molar-refractivity contribution >= 4 is 46.4 Å². The number of halogens is 3. The fourth-order valence-electron chi connectivity index (χ4n) is 2.14. The van der Waals surface area contributed by atoms with Crippen LogP contribution in [0.5, 0.6) is 5.75 Å². The van der Waals surface area contributed by atoms with Gasteiger partial charge in [0, 0.05) is 0 Å². The summed E-state index contributed by atoms with van der Waals surface area (Å²) in [7, 11) is 0. The zero-order valence-electron chi connectivity index (χ0n) is 13.6. The SMILES string of the molecule is CC[C@H](Oc1cc(C)ccc1C)C(=O)Nc1cc(Cl)c(Cl)cc1Cl. The molecule has 0 heterocycles. The molecule has 0 fully saturated rings. The highest BCUT2D eigenvalue weighted by molar-refractivity contribution is 6.44. The smallest absolute Gasteiger partial charge is 0.265 e. The van der Waals surface area contributed by atoms with Crippen LogP contribution in [0.15, 0.2) is 30.3 Å². The molecule has 1 amide bonds. The molecule has 1 atom stereocenters. The third kappa shape index (κ3) is 4.56. The molecule has 0 bridgehead atoms. The van der Waals surface area contributed by atoms with Gasteiger partial charge < -0.3 is 10.1 Å². The first-order valence-electron chi connectivity index (χ1n) is 7.51. The molecule has 0 radical (unpaired) electrons. The van der Waals surface area contributed by atoms with Crippen molar-refractivity contribution in [2.75, 3.05) is 5.32 Å². The summed E-state index contributed by atoms with van der Waals surface area (Å²) in [5.74, 6) is 0.399. The molecule has 0 unspecified atom stereocenters. The summed E-state index contributed by atoms with van der Waals surface area (Å²) < 4.78 is 5.89. The molecule has 2 aromatic carbocycles. The number of benzene rings is 2. The van der Waals surface area contributed by atoms with Crippen LogP contribution in [0.3, 0.4) is 0 Å². The minimum absolute atomic E-state index is 0.293. The van der Waals surface area contributed by atoms with Gasteiger partial charge in [-0.3, -0.25) is 4.79 Å². The first-order chi connectivity index (χ1) is 11.3. The maximum absolute atomic E-state index is 12.5. The van der Waals surface area contributed by atoms with Gasteiger partial charge in [-0.25, -0.2) is 0 Å². The highest BCUT2D eigenvalue weighted by atomic mass is 35.5. The normalized spacial score (nSPS) is 11.9. The van der Waals surface area contributed by atoms with E-state index < -0.39 is 6.10 Å². The van der Waals surface area contributed by atoms with Crippen molar-refractivity contribution in [2.24, 2.45) is 0 Å². The molecule has 0 saturated heterocycles. The lowest BCUT2D eigenvalue weighted by atomic mass is 10.1. The Balaban J connectivity index is 2.17. The lowest BCUT2D eigenvalue weighted by Crippen LogP contribution is -2.32. The van der Waals surface area contributed by atoms with Gasteiger partial charge in [0.15, 0.2) is 6.10 Å². The van der Waals surface area contributed by atoms with Crippen LogP contribution in [0.4, 0.5) is 5.69 Å². The van der Waals surface area contributed by atoms with E-state index in [1.54, 1.807) is 0 Å². The van der Waals surface area contributed by atoms with Gasteiger partial charge in [0.2, 0.25) is 0 Å². The van der Waals surface area contributed by atoms with Crippen molar-refractivity contribution in [1.29, 1.82) is 0 Å². The van der Waals surface area contributed by atoms with Crippen molar-refractivity contribution in [3.8, 4) is 5.75 Å². The second-order valence-corrected chi connectivity index (χ2v) is 6.74. The molecule has 128 valence electrons. The third-order valence-electron chi connectivity index (χ3n) is 3.54. The van der Waals surface area contributed by atoms with Gasteiger partial charge in [0.25, 0.3) is 5.91 Å². The maximum atomic E-state index is 12.5. The fraction of sp³-hybridized carbons (Fsp3) is 0.278. The van der Waals surface area contributed by atoms with Crippen LogP contribution in [0.1, 0.15) is 24.5 Å². The summed E-state index contributed by atoms with van der Waals surface area (Å²) in [6, 6.07) is 8.89. The van der Waals surface area contributed by atoms with E-state index in [0.717, 1.165) is 11.1 Å². The van der Waals surface area contributed by atoms with E-state index >= 15 is 0 Å². The lowest BCUT2D eigenvalue weighted by Gasteiger charge is -2.19. The number of hydrogen-bond donors (Lipinski definition) is 1. The summed E-state index contributed by atoms with van der Waals surface area (Å²) in [6.07, 6.45) is -0.131. The largest absolute Gasteiger partial charge is 0.480 e. The molecular formula is C18H18Cl3NO2. The topological polar surface area (TPSA) is 38.3 Å². The van der Waals surface area contributed by atoms with Gasteiger partial charge in [-0.1, -0.05) is 53.9 Å². The van der Waals surface area contributed by atoms with Crippen molar-refractivity contribution < 1.29 is 9.53 Å². The van der Waals surface area contributed by atoms with Crippen LogP contribution in [0, 0.1) is 13.8 Å². The minimum Gasteiger partial charge on any atom is -0.480 e. The first-order valence-corrected chi connectivity index (χ1v) is 8.64. The van der Waals surface area contributed by atoms with Gasteiger partial charge in [-0.2, -0.15) is 0 Å². The van der Waals surface area contributed by atoms with E-state index in [0.29, 0.717) is 32.9 Å². The van der Waals surface area contributed by atoms with Crippen LogP contribution in [0.2, 0.25) is 15.1 Å². The predicted octanol–water partition coefficient (Wildman–Crippen LogP) is 6.06. The summed E-state index contributed by atoms with van der Waals surface area (Å²) >= 11 is 18.0. The van der Waals surface area contributed by atoms with Crippen LogP contribution in [-0.4, -0.2) is 12.0 Å². The Morgan fingerprint density at radius 1 is 1.08 bits per heavy atom. The fourth-order valence-corrected chi connectivity index (χ4v) is 2.74. The molecule has 0 saturated carbocycles. The Morgan fingerprint density at radius 3 is 2.42 bits per heavy atom. The van der Waals surface area contributed by atoms with Gasteiger partial charge >= 0.3 is 0 Å². The number of carbonyl (C=O) groups is 1. The number of carbonyl (C=O) groups excluding carboxylic acids is 1. The van der Waals surface area contributed by atoms with E-state index in [4.69, 9.17) is 39.5 Å². The number of ether oxygens (including phenoxy) is 1. The number of amides is 1. The van der Waals surface area contributed by atoms with Crippen molar-refractivity contribution in [1.82, 2.24) is 0 Å². The second-order valence-electron chi connectivity index (χ2n) is 5.52. The van der Waals surface area contributed by atoms with E-state index in [1.165, 1.54) is 12.1 Å². The first kappa shape index (κ1) is 18.9. The standard InChI is InChI=1S/C18H18Cl3NO2/c1-4-16(24-17-7-10(2)5-6-11(17)3)18(23)22-15-9-13(20)12(19)8-14(15)21/h5-9,16H,4H2,1-3H3,(H,22,23)/t16-/m0/s1. The summed E-state index contributed by atoms with van der Waals surface area (Å²) in [5.41, 5.74) is 2.44. The molecule has 0 aliphatic rings. The Bertz CT molecular complexity index is 762. The Morgan fingerprint density at radius 2 is 1.75 bits per heavy atom. The molecular weight excluding hydrogens is 369 g/mol. The molecule has 2 aromatic rings. The third-order valence-corrected chi connectivity index (χ3v) is 4.58. The Kier molecular flexibility index (Phi) is 6.39. The number of anilines is 1. The van der Waals surface area contributed by atoms with Crippen molar-refractivity contribution in [3.05, 3.63) is 56.5 Å². The lowest BCUT2D eigenvalue weighted by molar-refractivity contribution is -0.122. The number of hydrogen-bond acceptors (Lipinski definition) is 2. The highest BCUT2D eigenvalue weighted by Crippen LogP contribution is 2.32. The maximum Gasteiger partial charge on any atom is 0.265 e. The zero-order valence-corrected chi connectivity index (χ0v) is 15.9. The summed E-state index contributed by atoms with van der Waals surface area (Å²) in [6.45, 7) is 5.80. The van der Waals surface area contributed by atoms with Gasteiger partial charge in [0.05, 0.1) is 20.8 Å². The van der Waals surface area contributed by atoms with E-state index in [9.17, 15) is 4.79 Å². The van der Waals surface area contributed by atoms with E-state index in [2.05, 4.69) is 5.32 Å². The van der Waals surface area contributed by atoms with Crippen molar-refractivity contribution in [2.45, 2.75) is 33.3 Å². The molecule has 0 aliphatic heterocycles. The van der Waals surface area contributed by atoms with Gasteiger partial charge in [-0.05, 0) is 49.6 Å². The van der Waals surface area contributed by atoms with Crippen LogP contribution in [0.25, 0.3) is 0 Å².